The molecule has 1 fully saturated rings. The Morgan fingerprint density at radius 2 is 2.00 bits per heavy atom. The maximum Gasteiger partial charge on any atom is 0.315 e. The first-order chi connectivity index (χ1) is 12.1. The molecule has 0 radical (unpaired) electrons. The molecule has 0 atom stereocenters. The maximum absolute atomic E-state index is 12.0. The highest BCUT2D eigenvalue weighted by atomic mass is 16.5. The summed E-state index contributed by atoms with van der Waals surface area (Å²) in [5.41, 5.74) is 2.20. The number of carbonyl (C=O) groups excluding carboxylic acids is 1. The average Bonchev–Trinajstić information content (AvgIpc) is 3.42. The second-order valence-electron chi connectivity index (χ2n) is 6.10. The van der Waals surface area contributed by atoms with Gasteiger partial charge in [0.15, 0.2) is 5.82 Å². The van der Waals surface area contributed by atoms with Gasteiger partial charge in [0, 0.05) is 35.8 Å². The van der Waals surface area contributed by atoms with Crippen molar-refractivity contribution in [1.29, 1.82) is 5.41 Å². The Bertz CT molecular complexity index is 785. The largest absolute Gasteiger partial charge is 0.476 e. The van der Waals surface area contributed by atoms with Crippen LogP contribution in [0.15, 0.2) is 24.7 Å². The van der Waals surface area contributed by atoms with Crippen molar-refractivity contribution in [3.05, 3.63) is 36.0 Å². The van der Waals surface area contributed by atoms with Gasteiger partial charge in [-0.25, -0.2) is 15.0 Å². The van der Waals surface area contributed by atoms with E-state index in [1.165, 1.54) is 0 Å². The van der Waals surface area contributed by atoms with Crippen LogP contribution in [-0.4, -0.2) is 40.3 Å². The van der Waals surface area contributed by atoms with Crippen LogP contribution < -0.4 is 4.74 Å². The molecule has 130 valence electrons. The Balaban J connectivity index is 1.69. The molecule has 0 saturated heterocycles. The molecule has 25 heavy (non-hydrogen) atoms. The fraction of sp³-hybridized carbons (Fsp3) is 0.389. The zero-order valence-electron chi connectivity index (χ0n) is 14.3. The number of nitrogens with one attached hydrogen (secondary N) is 1. The van der Waals surface area contributed by atoms with E-state index in [0.717, 1.165) is 35.7 Å². The van der Waals surface area contributed by atoms with Gasteiger partial charge in [-0.2, -0.15) is 0 Å². The fourth-order valence-corrected chi connectivity index (χ4v) is 2.52. The molecular formula is C18H20N4O3. The van der Waals surface area contributed by atoms with E-state index >= 15 is 0 Å². The van der Waals surface area contributed by atoms with Gasteiger partial charge in [-0.15, -0.1) is 0 Å². The number of ether oxygens (including phenoxy) is 2. The maximum atomic E-state index is 12.0. The molecule has 7 heteroatoms. The summed E-state index contributed by atoms with van der Waals surface area (Å²) in [5.74, 6) is 0.656. The zero-order chi connectivity index (χ0) is 17.9. The molecule has 1 aliphatic rings. The third-order valence-corrected chi connectivity index (χ3v) is 4.26. The number of rotatable bonds is 7. The van der Waals surface area contributed by atoms with Gasteiger partial charge in [-0.05, 0) is 32.3 Å². The van der Waals surface area contributed by atoms with Gasteiger partial charge in [0.25, 0.3) is 0 Å². The normalized spacial score (nSPS) is 14.6. The van der Waals surface area contributed by atoms with Crippen LogP contribution >= 0.6 is 0 Å². The number of hydrogen-bond acceptors (Lipinski definition) is 7. The van der Waals surface area contributed by atoms with Gasteiger partial charge in [0.1, 0.15) is 12.0 Å². The van der Waals surface area contributed by atoms with E-state index in [4.69, 9.17) is 14.9 Å². The van der Waals surface area contributed by atoms with Gasteiger partial charge in [0.2, 0.25) is 5.88 Å². The van der Waals surface area contributed by atoms with Crippen LogP contribution in [0.2, 0.25) is 0 Å². The minimum absolute atomic E-state index is 0.188. The first kappa shape index (κ1) is 17.0. The Morgan fingerprint density at radius 1 is 1.28 bits per heavy atom. The van der Waals surface area contributed by atoms with Gasteiger partial charge >= 0.3 is 5.97 Å². The van der Waals surface area contributed by atoms with Crippen molar-refractivity contribution in [1.82, 2.24) is 15.0 Å². The summed E-state index contributed by atoms with van der Waals surface area (Å²) < 4.78 is 10.8. The highest BCUT2D eigenvalue weighted by Crippen LogP contribution is 2.47. The monoisotopic (exact) mass is 340 g/mol. The lowest BCUT2D eigenvalue weighted by Crippen LogP contribution is -2.26. The van der Waals surface area contributed by atoms with Gasteiger partial charge < -0.3 is 14.9 Å². The molecular weight excluding hydrogens is 320 g/mol. The van der Waals surface area contributed by atoms with E-state index in [-0.39, 0.29) is 12.6 Å². The fourth-order valence-electron chi connectivity index (χ4n) is 2.52. The van der Waals surface area contributed by atoms with Crippen molar-refractivity contribution in [2.24, 2.45) is 5.41 Å². The van der Waals surface area contributed by atoms with E-state index in [0.29, 0.717) is 18.3 Å². The van der Waals surface area contributed by atoms with E-state index in [2.05, 4.69) is 15.0 Å². The number of nitrogens with zero attached hydrogens (tertiary/aromatic N) is 3. The smallest absolute Gasteiger partial charge is 0.315 e. The molecule has 0 aliphatic heterocycles. The van der Waals surface area contributed by atoms with Crippen LogP contribution in [0.3, 0.4) is 0 Å². The van der Waals surface area contributed by atoms with Crippen LogP contribution in [0.1, 0.15) is 31.2 Å². The third kappa shape index (κ3) is 3.65. The van der Waals surface area contributed by atoms with Crippen molar-refractivity contribution in [3.8, 4) is 17.0 Å². The molecule has 0 aromatic carbocycles. The van der Waals surface area contributed by atoms with E-state index in [1.807, 2.05) is 13.0 Å². The van der Waals surface area contributed by atoms with Crippen molar-refractivity contribution < 1.29 is 14.3 Å². The Kier molecular flexibility index (Phi) is 4.74. The van der Waals surface area contributed by atoms with Crippen LogP contribution in [-0.2, 0) is 9.53 Å². The summed E-state index contributed by atoms with van der Waals surface area (Å²) in [7, 11) is 0. The summed E-state index contributed by atoms with van der Waals surface area (Å²) in [6.45, 7) is 4.42. The van der Waals surface area contributed by atoms with E-state index in [1.54, 1.807) is 25.5 Å². The molecule has 1 N–H and O–H groups in total. The molecule has 2 heterocycles. The molecule has 0 spiro atoms. The third-order valence-electron chi connectivity index (χ3n) is 4.26. The number of pyridine rings is 1. The number of aryl methyl sites for hydroxylation is 1. The lowest BCUT2D eigenvalue weighted by Gasteiger charge is -2.15. The molecule has 1 saturated carbocycles. The SMILES string of the molecule is CCOC(=O)C1(COc2cc(C)c(-c3cnc(C=N)nc3)cn2)CC1. The molecule has 0 bridgehead atoms. The highest BCUT2D eigenvalue weighted by Gasteiger charge is 2.52. The second-order valence-corrected chi connectivity index (χ2v) is 6.10. The minimum atomic E-state index is -0.499. The predicted octanol–water partition coefficient (Wildman–Crippen LogP) is 2.57. The van der Waals surface area contributed by atoms with Crippen LogP contribution in [0, 0.1) is 17.7 Å². The molecule has 0 amide bonds. The lowest BCUT2D eigenvalue weighted by molar-refractivity contribution is -0.150. The molecule has 0 unspecified atom stereocenters. The molecule has 2 aromatic heterocycles. The average molecular weight is 340 g/mol. The molecule has 7 nitrogen and oxygen atoms in total. The molecule has 1 aliphatic carbocycles. The van der Waals surface area contributed by atoms with E-state index in [9.17, 15) is 4.79 Å². The van der Waals surface area contributed by atoms with Crippen molar-refractivity contribution >= 4 is 12.2 Å². The molecule has 3 rings (SSSR count). The van der Waals surface area contributed by atoms with Crippen LogP contribution in [0.4, 0.5) is 0 Å². The van der Waals surface area contributed by atoms with Gasteiger partial charge in [0.05, 0.1) is 12.8 Å². The Labute approximate surface area is 146 Å². The van der Waals surface area contributed by atoms with Crippen molar-refractivity contribution in [2.45, 2.75) is 26.7 Å². The second kappa shape index (κ2) is 6.96. The number of esters is 1. The van der Waals surface area contributed by atoms with Crippen molar-refractivity contribution in [2.75, 3.05) is 13.2 Å². The van der Waals surface area contributed by atoms with Gasteiger partial charge in [-0.3, -0.25) is 4.79 Å². The van der Waals surface area contributed by atoms with E-state index < -0.39 is 5.41 Å². The quantitative estimate of drug-likeness (QED) is 0.614. The predicted molar refractivity (Wildman–Crippen MR) is 91.7 cm³/mol. The highest BCUT2D eigenvalue weighted by molar-refractivity contribution is 5.80. The lowest BCUT2D eigenvalue weighted by atomic mass is 10.1. The van der Waals surface area contributed by atoms with Crippen molar-refractivity contribution in [3.63, 3.8) is 0 Å². The van der Waals surface area contributed by atoms with Gasteiger partial charge in [-0.1, -0.05) is 0 Å². The summed E-state index contributed by atoms with van der Waals surface area (Å²) in [6.07, 6.45) is 7.72. The Morgan fingerprint density at radius 3 is 2.56 bits per heavy atom. The first-order valence-corrected chi connectivity index (χ1v) is 8.17. The first-order valence-electron chi connectivity index (χ1n) is 8.17. The topological polar surface area (TPSA) is 98.1 Å². The van der Waals surface area contributed by atoms with Crippen LogP contribution in [0.25, 0.3) is 11.1 Å². The molecule has 2 aromatic rings. The minimum Gasteiger partial charge on any atom is -0.476 e. The summed E-state index contributed by atoms with van der Waals surface area (Å²) in [5, 5.41) is 7.14. The number of hydrogen-bond donors (Lipinski definition) is 1. The summed E-state index contributed by atoms with van der Waals surface area (Å²) in [4.78, 5) is 24.4. The number of aromatic nitrogens is 3. The summed E-state index contributed by atoms with van der Waals surface area (Å²) >= 11 is 0. The number of carbonyl (C=O) groups is 1. The Hall–Kier alpha value is -2.83. The zero-order valence-corrected chi connectivity index (χ0v) is 14.3. The summed E-state index contributed by atoms with van der Waals surface area (Å²) in [6, 6.07) is 1.83. The van der Waals surface area contributed by atoms with Crippen LogP contribution in [0.5, 0.6) is 5.88 Å². The standard InChI is InChI=1S/C18H20N4O3/c1-3-24-17(23)18(4-5-18)11-25-16-6-12(2)14(10-22-16)13-8-20-15(7-19)21-9-13/h6-10,19H,3-5,11H2,1-2H3.